The zero-order chi connectivity index (χ0) is 13.6. The molecule has 20 heavy (non-hydrogen) atoms. The molecule has 2 heteroatoms. The van der Waals surface area contributed by atoms with Gasteiger partial charge in [-0.3, -0.25) is 0 Å². The Labute approximate surface area is 124 Å². The second kappa shape index (κ2) is 5.28. The average molecular weight is 277 g/mol. The third-order valence-electron chi connectivity index (χ3n) is 6.83. The molecule has 5 saturated carbocycles. The lowest BCUT2D eigenvalue weighted by molar-refractivity contribution is -0.102. The zero-order valence-corrected chi connectivity index (χ0v) is 13.1. The van der Waals surface area contributed by atoms with Crippen LogP contribution < -0.4 is 5.32 Å². The van der Waals surface area contributed by atoms with E-state index in [1.165, 1.54) is 38.5 Å². The highest BCUT2D eigenvalue weighted by Crippen LogP contribution is 2.61. The molecule has 5 rings (SSSR count). The van der Waals surface area contributed by atoms with Gasteiger partial charge in [0, 0.05) is 6.04 Å². The normalized spacial score (nSPS) is 44.5. The second-order valence-corrected chi connectivity index (χ2v) is 8.28. The third kappa shape index (κ3) is 2.33. The molecule has 0 aromatic carbocycles. The number of rotatable bonds is 6. The van der Waals surface area contributed by atoms with Gasteiger partial charge in [-0.2, -0.15) is 0 Å². The van der Waals surface area contributed by atoms with Crippen LogP contribution in [-0.4, -0.2) is 25.3 Å². The summed E-state index contributed by atoms with van der Waals surface area (Å²) in [4.78, 5) is 0. The lowest BCUT2D eigenvalue weighted by Gasteiger charge is -2.59. The summed E-state index contributed by atoms with van der Waals surface area (Å²) in [7, 11) is 0. The van der Waals surface area contributed by atoms with E-state index in [-0.39, 0.29) is 0 Å². The van der Waals surface area contributed by atoms with Gasteiger partial charge in [-0.1, -0.05) is 6.92 Å². The van der Waals surface area contributed by atoms with Gasteiger partial charge in [0.05, 0.1) is 12.7 Å². The Morgan fingerprint density at radius 2 is 1.65 bits per heavy atom. The van der Waals surface area contributed by atoms with Crippen molar-refractivity contribution in [1.82, 2.24) is 5.32 Å². The maximum Gasteiger partial charge on any atom is 0.0628 e. The predicted octanol–water partition coefficient (Wildman–Crippen LogP) is 3.75. The van der Waals surface area contributed by atoms with E-state index in [1.54, 1.807) is 19.3 Å². The molecule has 0 radical (unpaired) electrons. The average Bonchev–Trinajstić information content (AvgIpc) is 2.34. The van der Waals surface area contributed by atoms with Crippen LogP contribution in [0.3, 0.4) is 0 Å². The summed E-state index contributed by atoms with van der Waals surface area (Å²) < 4.78 is 6.22. The van der Waals surface area contributed by atoms with E-state index in [4.69, 9.17) is 4.74 Å². The Kier molecular flexibility index (Phi) is 3.58. The summed E-state index contributed by atoms with van der Waals surface area (Å²) in [5, 5.41) is 3.82. The van der Waals surface area contributed by atoms with Gasteiger partial charge >= 0.3 is 0 Å². The van der Waals surface area contributed by atoms with Gasteiger partial charge in [0.25, 0.3) is 0 Å². The fourth-order valence-electron chi connectivity index (χ4n) is 6.07. The molecule has 1 N–H and O–H groups in total. The Hall–Kier alpha value is -0.0800. The largest absolute Gasteiger partial charge is 0.377 e. The fourth-order valence-corrected chi connectivity index (χ4v) is 6.07. The van der Waals surface area contributed by atoms with Gasteiger partial charge in [0.1, 0.15) is 0 Å². The second-order valence-electron chi connectivity index (χ2n) is 8.28. The SMILES string of the molecule is CCNC(COC1CCC1)C12CC3CC(CC(C3)C1)C2. The summed E-state index contributed by atoms with van der Waals surface area (Å²) in [6, 6.07) is 0.626. The van der Waals surface area contributed by atoms with Gasteiger partial charge in [0.15, 0.2) is 0 Å². The van der Waals surface area contributed by atoms with Crippen molar-refractivity contribution >= 4 is 0 Å². The molecule has 2 nitrogen and oxygen atoms in total. The van der Waals surface area contributed by atoms with Crippen LogP contribution in [0, 0.1) is 23.2 Å². The van der Waals surface area contributed by atoms with E-state index < -0.39 is 0 Å². The molecular formula is C18H31NO. The highest BCUT2D eigenvalue weighted by Gasteiger charge is 2.54. The van der Waals surface area contributed by atoms with Gasteiger partial charge in [-0.05, 0) is 87.5 Å². The lowest BCUT2D eigenvalue weighted by atomic mass is 9.47. The molecule has 0 amide bonds. The third-order valence-corrected chi connectivity index (χ3v) is 6.83. The minimum atomic E-state index is 0.588. The van der Waals surface area contributed by atoms with Crippen molar-refractivity contribution < 1.29 is 4.74 Å². The maximum absolute atomic E-state index is 6.22. The van der Waals surface area contributed by atoms with Gasteiger partial charge in [-0.25, -0.2) is 0 Å². The van der Waals surface area contributed by atoms with E-state index >= 15 is 0 Å². The standard InChI is InChI=1S/C18H31NO/c1-2-19-17(12-20-16-4-3-5-16)18-9-13-6-14(10-18)8-15(7-13)11-18/h13-17,19H,2-12H2,1H3. The molecule has 0 aromatic heterocycles. The molecule has 0 spiro atoms. The van der Waals surface area contributed by atoms with Crippen LogP contribution >= 0.6 is 0 Å². The minimum absolute atomic E-state index is 0.588. The van der Waals surface area contributed by atoms with Crippen molar-refractivity contribution in [1.29, 1.82) is 0 Å². The summed E-state index contributed by atoms with van der Waals surface area (Å²) in [6.07, 6.45) is 13.7. The van der Waals surface area contributed by atoms with Crippen LogP contribution in [0.1, 0.15) is 64.7 Å². The van der Waals surface area contributed by atoms with E-state index in [1.807, 2.05) is 0 Å². The number of ether oxygens (including phenoxy) is 1. The van der Waals surface area contributed by atoms with E-state index in [0.717, 1.165) is 30.9 Å². The molecule has 4 bridgehead atoms. The minimum Gasteiger partial charge on any atom is -0.377 e. The highest BCUT2D eigenvalue weighted by molar-refractivity contribution is 5.06. The molecule has 1 unspecified atom stereocenters. The van der Waals surface area contributed by atoms with Gasteiger partial charge in [-0.15, -0.1) is 0 Å². The van der Waals surface area contributed by atoms with Gasteiger partial charge in [0.2, 0.25) is 0 Å². The first-order valence-corrected chi connectivity index (χ1v) is 9.12. The van der Waals surface area contributed by atoms with E-state index in [2.05, 4.69) is 12.2 Å². The van der Waals surface area contributed by atoms with Crippen molar-refractivity contribution in [2.24, 2.45) is 23.2 Å². The molecular weight excluding hydrogens is 246 g/mol. The monoisotopic (exact) mass is 277 g/mol. The molecule has 0 heterocycles. The lowest BCUT2D eigenvalue weighted by Crippen LogP contribution is -2.57. The number of nitrogens with one attached hydrogen (secondary N) is 1. The number of likely N-dealkylation sites (N-methyl/N-ethyl adjacent to an activating group) is 1. The Morgan fingerprint density at radius 1 is 1.05 bits per heavy atom. The summed E-state index contributed by atoms with van der Waals surface area (Å²) in [5.41, 5.74) is 0.592. The topological polar surface area (TPSA) is 21.3 Å². The van der Waals surface area contributed by atoms with Crippen molar-refractivity contribution in [3.8, 4) is 0 Å². The Morgan fingerprint density at radius 3 is 2.10 bits per heavy atom. The van der Waals surface area contributed by atoms with Crippen LogP contribution in [0.15, 0.2) is 0 Å². The van der Waals surface area contributed by atoms with Crippen LogP contribution in [-0.2, 0) is 4.74 Å². The van der Waals surface area contributed by atoms with E-state index in [9.17, 15) is 0 Å². The van der Waals surface area contributed by atoms with Crippen LogP contribution in [0.4, 0.5) is 0 Å². The predicted molar refractivity (Wildman–Crippen MR) is 81.7 cm³/mol. The first-order valence-electron chi connectivity index (χ1n) is 9.12. The fraction of sp³-hybridized carbons (Fsp3) is 1.00. The summed E-state index contributed by atoms with van der Waals surface area (Å²) in [6.45, 7) is 4.34. The highest BCUT2D eigenvalue weighted by atomic mass is 16.5. The van der Waals surface area contributed by atoms with Crippen LogP contribution in [0.5, 0.6) is 0 Å². The first kappa shape index (κ1) is 13.6. The Balaban J connectivity index is 1.46. The first-order chi connectivity index (χ1) is 9.77. The van der Waals surface area contributed by atoms with Crippen molar-refractivity contribution in [3.63, 3.8) is 0 Å². The van der Waals surface area contributed by atoms with Crippen LogP contribution in [0.2, 0.25) is 0 Å². The quantitative estimate of drug-likeness (QED) is 0.798. The molecule has 0 aliphatic heterocycles. The van der Waals surface area contributed by atoms with Gasteiger partial charge < -0.3 is 10.1 Å². The molecule has 0 saturated heterocycles. The maximum atomic E-state index is 6.22. The van der Waals surface area contributed by atoms with Crippen molar-refractivity contribution in [2.45, 2.75) is 76.9 Å². The van der Waals surface area contributed by atoms with Crippen LogP contribution in [0.25, 0.3) is 0 Å². The molecule has 5 fully saturated rings. The smallest absolute Gasteiger partial charge is 0.0628 e. The summed E-state index contributed by atoms with van der Waals surface area (Å²) in [5.74, 6) is 3.14. The molecule has 0 aromatic rings. The molecule has 114 valence electrons. The van der Waals surface area contributed by atoms with E-state index in [0.29, 0.717) is 17.6 Å². The molecule has 5 aliphatic carbocycles. The number of hydrogen-bond acceptors (Lipinski definition) is 2. The molecule has 5 aliphatic rings. The van der Waals surface area contributed by atoms with Crippen molar-refractivity contribution in [2.75, 3.05) is 13.2 Å². The summed E-state index contributed by atoms with van der Waals surface area (Å²) >= 11 is 0. The Bertz CT molecular complexity index is 314. The van der Waals surface area contributed by atoms with Crippen molar-refractivity contribution in [3.05, 3.63) is 0 Å². The number of hydrogen-bond donors (Lipinski definition) is 1. The zero-order valence-electron chi connectivity index (χ0n) is 13.1. The molecule has 1 atom stereocenters.